The predicted octanol–water partition coefficient (Wildman–Crippen LogP) is 3.91. The maximum atomic E-state index is 12.9. The SMILES string of the molecule is O=C(CN1CCCC1)N1CC(c2ccccc2)c2cc(Cl)ccc21. The zero-order valence-electron chi connectivity index (χ0n) is 13.6. The number of fused-ring (bicyclic) bond motifs is 1. The van der Waals surface area contributed by atoms with Crippen molar-refractivity contribution in [1.82, 2.24) is 4.90 Å². The lowest BCUT2D eigenvalue weighted by Crippen LogP contribution is -2.39. The quantitative estimate of drug-likeness (QED) is 0.845. The molecular formula is C20H21ClN2O. The largest absolute Gasteiger partial charge is 0.310 e. The molecule has 2 aromatic rings. The van der Waals surface area contributed by atoms with Gasteiger partial charge in [0.2, 0.25) is 5.91 Å². The Kier molecular flexibility index (Phi) is 4.30. The summed E-state index contributed by atoms with van der Waals surface area (Å²) in [7, 11) is 0. The maximum absolute atomic E-state index is 12.9. The average molecular weight is 341 g/mol. The van der Waals surface area contributed by atoms with Gasteiger partial charge in [0.1, 0.15) is 0 Å². The van der Waals surface area contributed by atoms with Crippen LogP contribution in [0.1, 0.15) is 29.9 Å². The van der Waals surface area contributed by atoms with Gasteiger partial charge in [-0.3, -0.25) is 9.69 Å². The number of rotatable bonds is 3. The van der Waals surface area contributed by atoms with Crippen LogP contribution in [0.5, 0.6) is 0 Å². The van der Waals surface area contributed by atoms with E-state index < -0.39 is 0 Å². The van der Waals surface area contributed by atoms with Crippen molar-refractivity contribution in [1.29, 1.82) is 0 Å². The first-order chi connectivity index (χ1) is 11.7. The van der Waals surface area contributed by atoms with Crippen molar-refractivity contribution in [2.75, 3.05) is 31.1 Å². The molecule has 0 bridgehead atoms. The number of benzene rings is 2. The summed E-state index contributed by atoms with van der Waals surface area (Å²) in [6.45, 7) is 3.29. The molecule has 0 saturated carbocycles. The molecule has 1 saturated heterocycles. The molecule has 0 aliphatic carbocycles. The molecule has 0 N–H and O–H groups in total. The number of carbonyl (C=O) groups excluding carboxylic acids is 1. The van der Waals surface area contributed by atoms with Crippen LogP contribution in [0.25, 0.3) is 0 Å². The van der Waals surface area contributed by atoms with E-state index in [9.17, 15) is 4.79 Å². The van der Waals surface area contributed by atoms with Gasteiger partial charge in [-0.25, -0.2) is 0 Å². The van der Waals surface area contributed by atoms with E-state index in [0.29, 0.717) is 13.1 Å². The third-order valence-corrected chi connectivity index (χ3v) is 5.32. The number of hydrogen-bond donors (Lipinski definition) is 0. The number of nitrogens with zero attached hydrogens (tertiary/aromatic N) is 2. The fraction of sp³-hybridized carbons (Fsp3) is 0.350. The number of likely N-dealkylation sites (tertiary alicyclic amines) is 1. The molecule has 2 aliphatic heterocycles. The van der Waals surface area contributed by atoms with Crippen LogP contribution < -0.4 is 4.90 Å². The van der Waals surface area contributed by atoms with Crippen molar-refractivity contribution in [2.45, 2.75) is 18.8 Å². The van der Waals surface area contributed by atoms with Gasteiger partial charge in [0.15, 0.2) is 0 Å². The van der Waals surface area contributed by atoms with Crippen molar-refractivity contribution < 1.29 is 4.79 Å². The lowest BCUT2D eigenvalue weighted by molar-refractivity contribution is -0.119. The molecule has 4 heteroatoms. The summed E-state index contributed by atoms with van der Waals surface area (Å²) in [6, 6.07) is 16.3. The normalized spacial score (nSPS) is 20.4. The molecule has 2 aromatic carbocycles. The minimum atomic E-state index is 0.193. The highest BCUT2D eigenvalue weighted by atomic mass is 35.5. The summed E-state index contributed by atoms with van der Waals surface area (Å²) in [4.78, 5) is 17.1. The highest BCUT2D eigenvalue weighted by Crippen LogP contribution is 2.41. The van der Waals surface area contributed by atoms with Crippen LogP contribution in [0.3, 0.4) is 0 Å². The number of amides is 1. The Bertz CT molecular complexity index is 741. The van der Waals surface area contributed by atoms with Gasteiger partial charge in [-0.1, -0.05) is 41.9 Å². The fourth-order valence-corrected chi connectivity index (χ4v) is 4.03. The summed E-state index contributed by atoms with van der Waals surface area (Å²) < 4.78 is 0. The molecule has 24 heavy (non-hydrogen) atoms. The van der Waals surface area contributed by atoms with Gasteiger partial charge in [-0.05, 0) is 55.3 Å². The summed E-state index contributed by atoms with van der Waals surface area (Å²) in [6.07, 6.45) is 2.40. The first-order valence-corrected chi connectivity index (χ1v) is 8.97. The van der Waals surface area contributed by atoms with Gasteiger partial charge >= 0.3 is 0 Å². The zero-order chi connectivity index (χ0) is 16.5. The van der Waals surface area contributed by atoms with Gasteiger partial charge in [0.05, 0.1) is 6.54 Å². The van der Waals surface area contributed by atoms with Crippen LogP contribution in [0, 0.1) is 0 Å². The molecule has 3 nitrogen and oxygen atoms in total. The highest BCUT2D eigenvalue weighted by molar-refractivity contribution is 6.30. The van der Waals surface area contributed by atoms with Crippen molar-refractivity contribution in [3.8, 4) is 0 Å². The Balaban J connectivity index is 1.64. The van der Waals surface area contributed by atoms with E-state index >= 15 is 0 Å². The standard InChI is InChI=1S/C20H21ClN2O/c21-16-8-9-19-17(12-16)18(15-6-2-1-3-7-15)13-23(19)20(24)14-22-10-4-5-11-22/h1-3,6-9,12,18H,4-5,10-11,13-14H2. The second-order valence-corrected chi connectivity index (χ2v) is 7.09. The fourth-order valence-electron chi connectivity index (χ4n) is 3.85. The molecule has 4 rings (SSSR count). The number of anilines is 1. The van der Waals surface area contributed by atoms with Crippen LogP contribution in [0.15, 0.2) is 48.5 Å². The first-order valence-electron chi connectivity index (χ1n) is 8.59. The van der Waals surface area contributed by atoms with E-state index in [0.717, 1.165) is 29.4 Å². The van der Waals surface area contributed by atoms with Crippen LogP contribution in [-0.2, 0) is 4.79 Å². The van der Waals surface area contributed by atoms with Gasteiger partial charge in [-0.15, -0.1) is 0 Å². The molecule has 2 aliphatic rings. The Labute approximate surface area is 147 Å². The highest BCUT2D eigenvalue weighted by Gasteiger charge is 2.34. The summed E-state index contributed by atoms with van der Waals surface area (Å²) >= 11 is 6.23. The van der Waals surface area contributed by atoms with Crippen LogP contribution in [-0.4, -0.2) is 37.0 Å². The summed E-state index contributed by atoms with van der Waals surface area (Å²) in [5, 5.41) is 0.725. The Morgan fingerprint density at radius 3 is 2.58 bits per heavy atom. The minimum absolute atomic E-state index is 0.193. The molecule has 2 heterocycles. The summed E-state index contributed by atoms with van der Waals surface area (Å²) in [5.41, 5.74) is 3.40. The van der Waals surface area contributed by atoms with E-state index in [1.54, 1.807) is 0 Å². The van der Waals surface area contributed by atoms with E-state index in [1.165, 1.54) is 18.4 Å². The Hall–Kier alpha value is -1.84. The molecule has 0 spiro atoms. The van der Waals surface area contributed by atoms with Crippen LogP contribution in [0.2, 0.25) is 5.02 Å². The van der Waals surface area contributed by atoms with Crippen LogP contribution >= 0.6 is 11.6 Å². The van der Waals surface area contributed by atoms with Gasteiger partial charge < -0.3 is 4.90 Å². The second kappa shape index (κ2) is 6.58. The Morgan fingerprint density at radius 2 is 1.83 bits per heavy atom. The third kappa shape index (κ3) is 2.94. The molecule has 1 amide bonds. The smallest absolute Gasteiger partial charge is 0.241 e. The molecule has 0 radical (unpaired) electrons. The topological polar surface area (TPSA) is 23.6 Å². The van der Waals surface area contributed by atoms with Gasteiger partial charge in [0, 0.05) is 23.2 Å². The Morgan fingerprint density at radius 1 is 1.08 bits per heavy atom. The molecule has 0 aromatic heterocycles. The van der Waals surface area contributed by atoms with Crippen LogP contribution in [0.4, 0.5) is 5.69 Å². The molecule has 124 valence electrons. The lowest BCUT2D eigenvalue weighted by atomic mass is 9.93. The van der Waals surface area contributed by atoms with E-state index in [1.807, 2.05) is 41.3 Å². The molecule has 1 unspecified atom stereocenters. The van der Waals surface area contributed by atoms with E-state index in [2.05, 4.69) is 17.0 Å². The number of halogens is 1. The van der Waals surface area contributed by atoms with Gasteiger partial charge in [-0.2, -0.15) is 0 Å². The minimum Gasteiger partial charge on any atom is -0.310 e. The second-order valence-electron chi connectivity index (χ2n) is 6.65. The van der Waals surface area contributed by atoms with E-state index in [4.69, 9.17) is 11.6 Å². The average Bonchev–Trinajstić information content (AvgIpc) is 3.23. The monoisotopic (exact) mass is 340 g/mol. The molecular weight excluding hydrogens is 320 g/mol. The third-order valence-electron chi connectivity index (χ3n) is 5.08. The molecule has 1 fully saturated rings. The van der Waals surface area contributed by atoms with Crippen molar-refractivity contribution in [2.24, 2.45) is 0 Å². The van der Waals surface area contributed by atoms with Crippen molar-refractivity contribution >= 4 is 23.2 Å². The zero-order valence-corrected chi connectivity index (χ0v) is 14.4. The predicted molar refractivity (Wildman–Crippen MR) is 97.8 cm³/mol. The van der Waals surface area contributed by atoms with Crippen molar-refractivity contribution in [3.05, 3.63) is 64.7 Å². The molecule has 1 atom stereocenters. The number of carbonyl (C=O) groups is 1. The summed E-state index contributed by atoms with van der Waals surface area (Å²) in [5.74, 6) is 0.390. The number of hydrogen-bond acceptors (Lipinski definition) is 2. The van der Waals surface area contributed by atoms with Gasteiger partial charge in [0.25, 0.3) is 0 Å². The lowest BCUT2D eigenvalue weighted by Gasteiger charge is -2.22. The maximum Gasteiger partial charge on any atom is 0.241 e. The first kappa shape index (κ1) is 15.7. The van der Waals surface area contributed by atoms with Crippen molar-refractivity contribution in [3.63, 3.8) is 0 Å². The van der Waals surface area contributed by atoms with E-state index in [-0.39, 0.29) is 11.8 Å².